The van der Waals surface area contributed by atoms with Gasteiger partial charge in [0.1, 0.15) is 0 Å². The van der Waals surface area contributed by atoms with Crippen LogP contribution in [0.5, 0.6) is 0 Å². The van der Waals surface area contributed by atoms with E-state index in [-0.39, 0.29) is 0 Å². The Labute approximate surface area is 54.8 Å². The first-order chi connectivity index (χ1) is 4.47. The summed E-state index contributed by atoms with van der Waals surface area (Å²) in [5, 5.41) is 0. The molecular weight excluding hydrogens is 110 g/mol. The second-order valence-electron chi connectivity index (χ2n) is 2.44. The third-order valence-corrected chi connectivity index (χ3v) is 1.78. The van der Waals surface area contributed by atoms with Gasteiger partial charge in [-0.3, -0.25) is 4.99 Å². The highest BCUT2D eigenvalue weighted by Gasteiger charge is 2.09. The second kappa shape index (κ2) is 1.83. The minimum Gasteiger partial charge on any atom is -0.288 e. The second-order valence-corrected chi connectivity index (χ2v) is 2.44. The molecule has 0 aromatic rings. The van der Waals surface area contributed by atoms with E-state index in [0.29, 0.717) is 0 Å². The first-order valence-electron chi connectivity index (χ1n) is 3.36. The molecule has 0 bridgehead atoms. The molecule has 1 heterocycles. The van der Waals surface area contributed by atoms with Crippen LogP contribution < -0.4 is 0 Å². The molecule has 0 fully saturated rings. The summed E-state index contributed by atoms with van der Waals surface area (Å²) in [4.78, 5) is 4.17. The molecule has 0 aromatic heterocycles. The molecule has 2 rings (SSSR count). The lowest BCUT2D eigenvalue weighted by atomic mass is 10.0. The molecule has 0 unspecified atom stereocenters. The van der Waals surface area contributed by atoms with E-state index in [0.717, 1.165) is 6.54 Å². The van der Waals surface area contributed by atoms with Crippen molar-refractivity contribution in [3.63, 3.8) is 0 Å². The van der Waals surface area contributed by atoms with Crippen molar-refractivity contribution in [2.75, 3.05) is 6.54 Å². The summed E-state index contributed by atoms with van der Waals surface area (Å²) < 4.78 is 0. The summed E-state index contributed by atoms with van der Waals surface area (Å²) in [7, 11) is 0. The largest absolute Gasteiger partial charge is 0.288 e. The van der Waals surface area contributed by atoms with Crippen molar-refractivity contribution in [1.82, 2.24) is 0 Å². The van der Waals surface area contributed by atoms with Crippen molar-refractivity contribution < 1.29 is 0 Å². The third-order valence-electron chi connectivity index (χ3n) is 1.78. The number of hydrogen-bond acceptors (Lipinski definition) is 1. The summed E-state index contributed by atoms with van der Waals surface area (Å²) in [6.07, 6.45) is 8.95. The molecule has 0 saturated heterocycles. The molecule has 9 heavy (non-hydrogen) atoms. The van der Waals surface area contributed by atoms with Crippen molar-refractivity contribution in [3.05, 3.63) is 23.3 Å². The van der Waals surface area contributed by atoms with Crippen LogP contribution >= 0.6 is 0 Å². The van der Waals surface area contributed by atoms with Crippen molar-refractivity contribution in [3.8, 4) is 0 Å². The summed E-state index contributed by atoms with van der Waals surface area (Å²) in [6.45, 7) is 0.922. The first-order valence-corrected chi connectivity index (χ1v) is 3.36. The van der Waals surface area contributed by atoms with Gasteiger partial charge in [0.2, 0.25) is 0 Å². The number of fused-ring (bicyclic) bond motifs is 1. The number of allylic oxidation sites excluding steroid dienone is 2. The first kappa shape index (κ1) is 4.98. The Morgan fingerprint density at radius 1 is 1.22 bits per heavy atom. The minimum absolute atomic E-state index is 0.922. The Bertz CT molecular complexity index is 209. The Morgan fingerprint density at radius 2 is 2.11 bits per heavy atom. The van der Waals surface area contributed by atoms with Crippen LogP contribution in [0.3, 0.4) is 0 Å². The maximum atomic E-state index is 4.17. The minimum atomic E-state index is 0.922. The topological polar surface area (TPSA) is 12.4 Å². The molecule has 1 aliphatic heterocycles. The molecule has 1 aliphatic carbocycles. The third kappa shape index (κ3) is 0.727. The molecule has 0 N–H and O–H groups in total. The number of rotatable bonds is 0. The van der Waals surface area contributed by atoms with Crippen LogP contribution in [0.2, 0.25) is 0 Å². The van der Waals surface area contributed by atoms with E-state index >= 15 is 0 Å². The van der Waals surface area contributed by atoms with Crippen LogP contribution in [0, 0.1) is 0 Å². The van der Waals surface area contributed by atoms with Gasteiger partial charge in [0, 0.05) is 6.21 Å². The van der Waals surface area contributed by atoms with Crippen molar-refractivity contribution in [1.29, 1.82) is 0 Å². The van der Waals surface area contributed by atoms with E-state index in [1.807, 2.05) is 6.21 Å². The van der Waals surface area contributed by atoms with Crippen LogP contribution in [0.25, 0.3) is 0 Å². The predicted octanol–water partition coefficient (Wildman–Crippen LogP) is 1.72. The summed E-state index contributed by atoms with van der Waals surface area (Å²) in [5.41, 5.74) is 2.79. The number of hydrogen-bond donors (Lipinski definition) is 0. The van der Waals surface area contributed by atoms with Crippen molar-refractivity contribution in [2.45, 2.75) is 12.8 Å². The van der Waals surface area contributed by atoms with Gasteiger partial charge < -0.3 is 0 Å². The van der Waals surface area contributed by atoms with E-state index in [1.165, 1.54) is 24.0 Å². The van der Waals surface area contributed by atoms with Crippen LogP contribution in [-0.4, -0.2) is 12.8 Å². The van der Waals surface area contributed by atoms with Gasteiger partial charge in [-0.1, -0.05) is 12.2 Å². The van der Waals surface area contributed by atoms with Crippen LogP contribution in [0.1, 0.15) is 12.8 Å². The Hall–Kier alpha value is -0.850. The molecule has 0 atom stereocenters. The summed E-state index contributed by atoms with van der Waals surface area (Å²) >= 11 is 0. The smallest absolute Gasteiger partial charge is 0.0643 e. The standard InChI is InChI=1S/C8H9N/c1-2-4-8-6-9-5-7(8)3-1/h3-5H,1-2,6H2. The Balaban J connectivity index is 2.38. The molecule has 0 saturated carbocycles. The maximum Gasteiger partial charge on any atom is 0.0643 e. The SMILES string of the molecule is C1=NCC2=CCCC=C12. The molecule has 46 valence electrons. The molecule has 2 aliphatic rings. The summed E-state index contributed by atoms with van der Waals surface area (Å²) in [5.74, 6) is 0. The summed E-state index contributed by atoms with van der Waals surface area (Å²) in [6, 6.07) is 0. The highest BCUT2D eigenvalue weighted by atomic mass is 14.7. The van der Waals surface area contributed by atoms with E-state index in [9.17, 15) is 0 Å². The van der Waals surface area contributed by atoms with Crippen LogP contribution in [0.15, 0.2) is 28.3 Å². The Morgan fingerprint density at radius 3 is 3.00 bits per heavy atom. The van der Waals surface area contributed by atoms with E-state index in [2.05, 4.69) is 17.1 Å². The Kier molecular flexibility index (Phi) is 1.01. The normalized spacial score (nSPS) is 23.1. The molecule has 0 spiro atoms. The van der Waals surface area contributed by atoms with Crippen LogP contribution in [0.4, 0.5) is 0 Å². The maximum absolute atomic E-state index is 4.17. The van der Waals surface area contributed by atoms with Gasteiger partial charge >= 0.3 is 0 Å². The number of aliphatic imine (C=N–C) groups is 1. The van der Waals surface area contributed by atoms with Gasteiger partial charge in [-0.15, -0.1) is 0 Å². The monoisotopic (exact) mass is 119 g/mol. The molecule has 0 radical (unpaired) electrons. The van der Waals surface area contributed by atoms with Gasteiger partial charge in [0.15, 0.2) is 0 Å². The average molecular weight is 119 g/mol. The fraction of sp³-hybridized carbons (Fsp3) is 0.375. The lowest BCUT2D eigenvalue weighted by molar-refractivity contribution is 1.00. The van der Waals surface area contributed by atoms with Gasteiger partial charge in [0.05, 0.1) is 6.54 Å². The quantitative estimate of drug-likeness (QED) is 0.460. The van der Waals surface area contributed by atoms with Gasteiger partial charge in [-0.05, 0) is 24.0 Å². The van der Waals surface area contributed by atoms with Crippen molar-refractivity contribution in [2.24, 2.45) is 4.99 Å². The lowest BCUT2D eigenvalue weighted by Gasteiger charge is -2.03. The highest BCUT2D eigenvalue weighted by molar-refractivity contribution is 5.88. The fourth-order valence-electron chi connectivity index (χ4n) is 1.28. The zero-order valence-electron chi connectivity index (χ0n) is 5.30. The van der Waals surface area contributed by atoms with Crippen molar-refractivity contribution >= 4 is 6.21 Å². The van der Waals surface area contributed by atoms with E-state index < -0.39 is 0 Å². The molecule has 1 nitrogen and oxygen atoms in total. The zero-order chi connectivity index (χ0) is 6.10. The average Bonchev–Trinajstić information content (AvgIpc) is 2.33. The lowest BCUT2D eigenvalue weighted by Crippen LogP contribution is -1.91. The highest BCUT2D eigenvalue weighted by Crippen LogP contribution is 2.20. The van der Waals surface area contributed by atoms with Gasteiger partial charge in [-0.25, -0.2) is 0 Å². The predicted molar refractivity (Wildman–Crippen MR) is 38.8 cm³/mol. The molecular formula is C8H9N. The number of nitrogens with zero attached hydrogens (tertiary/aromatic N) is 1. The van der Waals surface area contributed by atoms with Gasteiger partial charge in [-0.2, -0.15) is 0 Å². The van der Waals surface area contributed by atoms with Gasteiger partial charge in [0.25, 0.3) is 0 Å². The molecule has 1 heteroatoms. The zero-order valence-corrected chi connectivity index (χ0v) is 5.30. The van der Waals surface area contributed by atoms with Crippen LogP contribution in [-0.2, 0) is 0 Å². The fourth-order valence-corrected chi connectivity index (χ4v) is 1.28. The molecule has 0 aromatic carbocycles. The van der Waals surface area contributed by atoms with E-state index in [1.54, 1.807) is 0 Å². The molecule has 0 amide bonds. The van der Waals surface area contributed by atoms with E-state index in [4.69, 9.17) is 0 Å².